The van der Waals surface area contributed by atoms with Crippen LogP contribution in [-0.4, -0.2) is 27.6 Å². The molecule has 2 aromatic carbocycles. The van der Waals surface area contributed by atoms with E-state index in [1.54, 1.807) is 6.20 Å². The zero-order valence-corrected chi connectivity index (χ0v) is 19.0. The first-order valence-corrected chi connectivity index (χ1v) is 11.3. The van der Waals surface area contributed by atoms with Crippen molar-refractivity contribution in [2.75, 3.05) is 16.8 Å². The Morgan fingerprint density at radius 3 is 2.50 bits per heavy atom. The van der Waals surface area contributed by atoms with Gasteiger partial charge in [0, 0.05) is 29.5 Å². The highest BCUT2D eigenvalue weighted by atomic mass is 32.1. The van der Waals surface area contributed by atoms with Gasteiger partial charge in [-0.2, -0.15) is 0 Å². The van der Waals surface area contributed by atoms with Crippen LogP contribution >= 0.6 is 12.2 Å². The lowest BCUT2D eigenvalue weighted by Crippen LogP contribution is -2.29. The number of carbonyl (C=O) groups is 1. The topological polar surface area (TPSA) is 82.3 Å². The summed E-state index contributed by atoms with van der Waals surface area (Å²) >= 11 is 5.72. The van der Waals surface area contributed by atoms with E-state index < -0.39 is 0 Å². The van der Waals surface area contributed by atoms with Crippen LogP contribution in [0.1, 0.15) is 23.5 Å². The first-order chi connectivity index (χ1) is 16.7. The van der Waals surface area contributed by atoms with E-state index in [4.69, 9.17) is 17.0 Å². The zero-order valence-electron chi connectivity index (χ0n) is 18.2. The van der Waals surface area contributed by atoms with Crippen molar-refractivity contribution in [2.45, 2.75) is 12.1 Å². The Balaban J connectivity index is 1.32. The van der Waals surface area contributed by atoms with Gasteiger partial charge in [-0.3, -0.25) is 9.78 Å². The first-order valence-electron chi connectivity index (χ1n) is 10.9. The predicted octanol–water partition coefficient (Wildman–Crippen LogP) is 4.60. The molecule has 1 fully saturated rings. The molecule has 3 N–H and O–H groups in total. The summed E-state index contributed by atoms with van der Waals surface area (Å²) in [5.74, 6) is 0.426. The number of nitrogens with zero attached hydrogens (tertiary/aromatic N) is 2. The van der Waals surface area contributed by atoms with Gasteiger partial charge >= 0.3 is 0 Å². The lowest BCUT2D eigenvalue weighted by Gasteiger charge is -2.27. The highest BCUT2D eigenvalue weighted by Gasteiger charge is 2.41. The van der Waals surface area contributed by atoms with Gasteiger partial charge < -0.3 is 25.3 Å². The van der Waals surface area contributed by atoms with Crippen LogP contribution in [0, 0.1) is 0 Å². The number of para-hydroxylation sites is 1. The van der Waals surface area contributed by atoms with Gasteiger partial charge in [0.05, 0.1) is 11.7 Å². The molecule has 4 aromatic rings. The number of hydrogen-bond acceptors (Lipinski definition) is 4. The standard InChI is InChI=1S/C26H23N5O2S/c32-23(17-33-20-7-2-1-3-8-20)29-18-11-13-19(14-12-18)31-25(22-10-6-16-28-22)24(30-26(31)34)21-9-4-5-15-27-21/h1-16,24-25,28H,17H2,(H,29,32)(H,30,34). The van der Waals surface area contributed by atoms with Gasteiger partial charge in [-0.15, -0.1) is 0 Å². The Labute approximate surface area is 202 Å². The zero-order chi connectivity index (χ0) is 23.3. The largest absolute Gasteiger partial charge is 0.484 e. The number of carbonyl (C=O) groups excluding carboxylic acids is 1. The van der Waals surface area contributed by atoms with E-state index in [9.17, 15) is 4.79 Å². The highest BCUT2D eigenvalue weighted by Crippen LogP contribution is 2.40. The van der Waals surface area contributed by atoms with Crippen molar-refractivity contribution in [1.82, 2.24) is 15.3 Å². The summed E-state index contributed by atoms with van der Waals surface area (Å²) in [7, 11) is 0. The second kappa shape index (κ2) is 9.76. The number of nitrogens with one attached hydrogen (secondary N) is 3. The van der Waals surface area contributed by atoms with E-state index >= 15 is 0 Å². The lowest BCUT2D eigenvalue weighted by atomic mass is 10.0. The molecule has 2 atom stereocenters. The van der Waals surface area contributed by atoms with Crippen LogP contribution in [0.2, 0.25) is 0 Å². The number of pyridine rings is 1. The third kappa shape index (κ3) is 4.62. The molecule has 1 saturated heterocycles. The van der Waals surface area contributed by atoms with Crippen LogP contribution < -0.4 is 20.3 Å². The maximum absolute atomic E-state index is 12.3. The minimum Gasteiger partial charge on any atom is -0.484 e. The van der Waals surface area contributed by atoms with E-state index in [0.29, 0.717) is 16.5 Å². The Kier molecular flexibility index (Phi) is 6.22. The molecule has 34 heavy (non-hydrogen) atoms. The predicted molar refractivity (Wildman–Crippen MR) is 136 cm³/mol. The molecule has 0 saturated carbocycles. The van der Waals surface area contributed by atoms with Crippen LogP contribution in [0.4, 0.5) is 11.4 Å². The summed E-state index contributed by atoms with van der Waals surface area (Å²) in [5, 5.41) is 6.91. The van der Waals surface area contributed by atoms with E-state index in [-0.39, 0.29) is 24.6 Å². The summed E-state index contributed by atoms with van der Waals surface area (Å²) in [4.78, 5) is 22.2. The van der Waals surface area contributed by atoms with Crippen LogP contribution in [0.5, 0.6) is 5.75 Å². The Morgan fingerprint density at radius 1 is 1.00 bits per heavy atom. The Morgan fingerprint density at radius 2 is 1.79 bits per heavy atom. The normalized spacial score (nSPS) is 17.3. The number of rotatable bonds is 7. The van der Waals surface area contributed by atoms with Gasteiger partial charge in [0.2, 0.25) is 0 Å². The molecular weight excluding hydrogens is 446 g/mol. The number of aromatic nitrogens is 2. The van der Waals surface area contributed by atoms with Crippen molar-refractivity contribution in [3.05, 3.63) is 109 Å². The van der Waals surface area contributed by atoms with Crippen molar-refractivity contribution in [2.24, 2.45) is 0 Å². The average molecular weight is 470 g/mol. The number of aromatic amines is 1. The van der Waals surface area contributed by atoms with Gasteiger partial charge in [0.15, 0.2) is 11.7 Å². The molecule has 3 heterocycles. The number of benzene rings is 2. The molecule has 1 aliphatic rings. The fraction of sp³-hybridized carbons (Fsp3) is 0.115. The molecule has 1 amide bonds. The van der Waals surface area contributed by atoms with Crippen LogP contribution in [0.15, 0.2) is 97.3 Å². The molecule has 2 unspecified atom stereocenters. The van der Waals surface area contributed by atoms with E-state index in [1.807, 2.05) is 91.1 Å². The second-order valence-corrected chi connectivity index (χ2v) is 8.21. The molecule has 0 radical (unpaired) electrons. The summed E-state index contributed by atoms with van der Waals surface area (Å²) in [6.07, 6.45) is 3.69. The summed E-state index contributed by atoms with van der Waals surface area (Å²) in [5.41, 5.74) is 3.53. The van der Waals surface area contributed by atoms with E-state index in [2.05, 4.69) is 25.5 Å². The lowest BCUT2D eigenvalue weighted by molar-refractivity contribution is -0.118. The number of thiocarbonyl (C=S) groups is 1. The molecule has 0 aliphatic carbocycles. The number of H-pyrrole nitrogens is 1. The molecule has 5 rings (SSSR count). The number of hydrogen-bond donors (Lipinski definition) is 3. The van der Waals surface area contributed by atoms with E-state index in [1.165, 1.54) is 0 Å². The van der Waals surface area contributed by atoms with Gasteiger partial charge in [-0.25, -0.2) is 0 Å². The quantitative estimate of drug-likeness (QED) is 0.343. The number of ether oxygens (including phenoxy) is 1. The fourth-order valence-electron chi connectivity index (χ4n) is 4.05. The monoisotopic (exact) mass is 469 g/mol. The Bertz CT molecular complexity index is 1250. The summed E-state index contributed by atoms with van der Waals surface area (Å²) in [6, 6.07) is 26.5. The minimum absolute atomic E-state index is 0.0629. The minimum atomic E-state index is -0.227. The molecular formula is C26H23N5O2S. The second-order valence-electron chi connectivity index (χ2n) is 7.82. The molecule has 0 spiro atoms. The van der Waals surface area contributed by atoms with E-state index in [0.717, 1.165) is 17.1 Å². The van der Waals surface area contributed by atoms with Crippen LogP contribution in [-0.2, 0) is 4.79 Å². The smallest absolute Gasteiger partial charge is 0.262 e. The molecule has 170 valence electrons. The first kappa shape index (κ1) is 21.7. The van der Waals surface area contributed by atoms with Gasteiger partial charge in [0.25, 0.3) is 5.91 Å². The van der Waals surface area contributed by atoms with Gasteiger partial charge in [-0.05, 0) is 72.9 Å². The van der Waals surface area contributed by atoms with Gasteiger partial charge in [-0.1, -0.05) is 24.3 Å². The van der Waals surface area contributed by atoms with Crippen molar-refractivity contribution in [3.63, 3.8) is 0 Å². The van der Waals surface area contributed by atoms with Crippen LogP contribution in [0.3, 0.4) is 0 Å². The van der Waals surface area contributed by atoms with Crippen molar-refractivity contribution in [1.29, 1.82) is 0 Å². The molecule has 0 bridgehead atoms. The maximum Gasteiger partial charge on any atom is 0.262 e. The van der Waals surface area contributed by atoms with Crippen molar-refractivity contribution < 1.29 is 9.53 Å². The summed E-state index contributed by atoms with van der Waals surface area (Å²) < 4.78 is 5.51. The number of amides is 1. The third-order valence-electron chi connectivity index (χ3n) is 5.58. The molecule has 8 heteroatoms. The Hall–Kier alpha value is -4.17. The van der Waals surface area contributed by atoms with Gasteiger partial charge in [0.1, 0.15) is 11.8 Å². The molecule has 2 aromatic heterocycles. The maximum atomic E-state index is 12.3. The SMILES string of the molecule is O=C(COc1ccccc1)Nc1ccc(N2C(=S)NC(c3ccccn3)C2c2ccc[nH]2)cc1. The molecule has 1 aliphatic heterocycles. The van der Waals surface area contributed by atoms with Crippen molar-refractivity contribution in [3.8, 4) is 5.75 Å². The van der Waals surface area contributed by atoms with Crippen molar-refractivity contribution >= 4 is 34.6 Å². The van der Waals surface area contributed by atoms with Crippen LogP contribution in [0.25, 0.3) is 0 Å². The average Bonchev–Trinajstić information content (AvgIpc) is 3.52. The summed E-state index contributed by atoms with van der Waals surface area (Å²) in [6.45, 7) is -0.0629. The highest BCUT2D eigenvalue weighted by molar-refractivity contribution is 7.80. The fourth-order valence-corrected chi connectivity index (χ4v) is 4.39. The number of anilines is 2. The molecule has 7 nitrogen and oxygen atoms in total. The third-order valence-corrected chi connectivity index (χ3v) is 5.90.